The molecule has 2 N–H and O–H groups in total. The lowest BCUT2D eigenvalue weighted by atomic mass is 10.2. The van der Waals surface area contributed by atoms with Crippen LogP contribution in [0.25, 0.3) is 0 Å². The molecule has 1 atom stereocenters. The SMILES string of the molecule is Cc1cc(Br)ccc1OCC(C)N. The minimum absolute atomic E-state index is 0.0723. The van der Waals surface area contributed by atoms with E-state index in [0.29, 0.717) is 6.61 Å². The zero-order chi connectivity index (χ0) is 9.84. The quantitative estimate of drug-likeness (QED) is 0.886. The van der Waals surface area contributed by atoms with Crippen LogP contribution in [-0.4, -0.2) is 12.6 Å². The van der Waals surface area contributed by atoms with Crippen molar-refractivity contribution in [3.8, 4) is 5.75 Å². The molecule has 0 amide bonds. The van der Waals surface area contributed by atoms with Gasteiger partial charge in [0.25, 0.3) is 0 Å². The Balaban J connectivity index is 2.67. The van der Waals surface area contributed by atoms with Gasteiger partial charge in [0.15, 0.2) is 0 Å². The summed E-state index contributed by atoms with van der Waals surface area (Å²) in [4.78, 5) is 0. The average molecular weight is 244 g/mol. The number of nitrogens with two attached hydrogens (primary N) is 1. The Hall–Kier alpha value is -0.540. The molecule has 0 heterocycles. The number of halogens is 1. The molecule has 1 aromatic rings. The highest BCUT2D eigenvalue weighted by Gasteiger charge is 2.01. The first kappa shape index (κ1) is 10.5. The van der Waals surface area contributed by atoms with Crippen molar-refractivity contribution in [3.63, 3.8) is 0 Å². The van der Waals surface area contributed by atoms with E-state index in [2.05, 4.69) is 15.9 Å². The molecule has 1 unspecified atom stereocenters. The highest BCUT2D eigenvalue weighted by molar-refractivity contribution is 9.10. The minimum Gasteiger partial charge on any atom is -0.492 e. The van der Waals surface area contributed by atoms with Crippen LogP contribution in [0, 0.1) is 6.92 Å². The summed E-state index contributed by atoms with van der Waals surface area (Å²) in [5, 5.41) is 0. The van der Waals surface area contributed by atoms with E-state index < -0.39 is 0 Å². The van der Waals surface area contributed by atoms with E-state index in [1.165, 1.54) is 0 Å². The van der Waals surface area contributed by atoms with Crippen molar-refractivity contribution in [2.45, 2.75) is 19.9 Å². The summed E-state index contributed by atoms with van der Waals surface area (Å²) in [6.07, 6.45) is 0. The van der Waals surface area contributed by atoms with Crippen LogP contribution >= 0.6 is 15.9 Å². The molecule has 3 heteroatoms. The van der Waals surface area contributed by atoms with Gasteiger partial charge in [0.05, 0.1) is 0 Å². The first-order valence-corrected chi connectivity index (χ1v) is 5.03. The van der Waals surface area contributed by atoms with E-state index in [1.54, 1.807) is 0 Å². The van der Waals surface area contributed by atoms with Gasteiger partial charge < -0.3 is 10.5 Å². The third-order valence-electron chi connectivity index (χ3n) is 1.64. The summed E-state index contributed by atoms with van der Waals surface area (Å²) in [6.45, 7) is 4.50. The van der Waals surface area contributed by atoms with Gasteiger partial charge in [-0.15, -0.1) is 0 Å². The summed E-state index contributed by atoms with van der Waals surface area (Å²) in [5.74, 6) is 0.903. The normalized spacial score (nSPS) is 12.6. The Kier molecular flexibility index (Phi) is 3.75. The van der Waals surface area contributed by atoms with Gasteiger partial charge in [0, 0.05) is 10.5 Å². The zero-order valence-electron chi connectivity index (χ0n) is 7.88. The van der Waals surface area contributed by atoms with Gasteiger partial charge in [-0.1, -0.05) is 15.9 Å². The highest BCUT2D eigenvalue weighted by Crippen LogP contribution is 2.21. The Morgan fingerprint density at radius 3 is 2.77 bits per heavy atom. The number of rotatable bonds is 3. The molecule has 0 aliphatic rings. The van der Waals surface area contributed by atoms with Crippen LogP contribution in [0.3, 0.4) is 0 Å². The molecule has 0 saturated carbocycles. The van der Waals surface area contributed by atoms with Gasteiger partial charge in [0.1, 0.15) is 12.4 Å². The molecule has 0 fully saturated rings. The van der Waals surface area contributed by atoms with E-state index in [9.17, 15) is 0 Å². The number of benzene rings is 1. The largest absolute Gasteiger partial charge is 0.492 e. The van der Waals surface area contributed by atoms with Crippen molar-refractivity contribution in [1.29, 1.82) is 0 Å². The monoisotopic (exact) mass is 243 g/mol. The van der Waals surface area contributed by atoms with E-state index in [1.807, 2.05) is 32.0 Å². The van der Waals surface area contributed by atoms with Crippen molar-refractivity contribution in [1.82, 2.24) is 0 Å². The molecule has 0 aromatic heterocycles. The van der Waals surface area contributed by atoms with E-state index in [-0.39, 0.29) is 6.04 Å². The fraction of sp³-hybridized carbons (Fsp3) is 0.400. The van der Waals surface area contributed by atoms with Gasteiger partial charge in [-0.3, -0.25) is 0 Å². The van der Waals surface area contributed by atoms with Crippen LogP contribution in [0.2, 0.25) is 0 Å². The van der Waals surface area contributed by atoms with Crippen LogP contribution in [0.15, 0.2) is 22.7 Å². The Morgan fingerprint density at radius 2 is 2.23 bits per heavy atom. The smallest absolute Gasteiger partial charge is 0.122 e. The lowest BCUT2D eigenvalue weighted by Gasteiger charge is -2.10. The molecule has 0 aliphatic carbocycles. The maximum Gasteiger partial charge on any atom is 0.122 e. The van der Waals surface area contributed by atoms with Crippen LogP contribution < -0.4 is 10.5 Å². The van der Waals surface area contributed by atoms with Gasteiger partial charge in [-0.25, -0.2) is 0 Å². The maximum absolute atomic E-state index is 5.59. The van der Waals surface area contributed by atoms with Crippen LogP contribution in [-0.2, 0) is 0 Å². The Labute approximate surface area is 87.2 Å². The lowest BCUT2D eigenvalue weighted by molar-refractivity contribution is 0.294. The fourth-order valence-corrected chi connectivity index (χ4v) is 1.47. The van der Waals surface area contributed by atoms with Crippen molar-refractivity contribution in [3.05, 3.63) is 28.2 Å². The maximum atomic E-state index is 5.59. The topological polar surface area (TPSA) is 35.2 Å². The molecular weight excluding hydrogens is 230 g/mol. The Bertz CT molecular complexity index is 286. The molecule has 1 aromatic carbocycles. The third kappa shape index (κ3) is 3.36. The first-order chi connectivity index (χ1) is 6.09. The number of hydrogen-bond acceptors (Lipinski definition) is 2. The van der Waals surface area contributed by atoms with Crippen LogP contribution in [0.4, 0.5) is 0 Å². The van der Waals surface area contributed by atoms with Gasteiger partial charge >= 0.3 is 0 Å². The molecule has 0 spiro atoms. The van der Waals surface area contributed by atoms with Crippen LogP contribution in [0.5, 0.6) is 5.75 Å². The predicted octanol–water partition coefficient (Wildman–Crippen LogP) is 2.48. The molecular formula is C10H14BrNO. The molecule has 1 rings (SSSR count). The summed E-state index contributed by atoms with van der Waals surface area (Å²) >= 11 is 3.40. The number of hydrogen-bond donors (Lipinski definition) is 1. The van der Waals surface area contributed by atoms with Gasteiger partial charge in [-0.2, -0.15) is 0 Å². The molecule has 2 nitrogen and oxygen atoms in total. The Morgan fingerprint density at radius 1 is 1.54 bits per heavy atom. The number of ether oxygens (including phenoxy) is 1. The second kappa shape index (κ2) is 4.63. The molecule has 0 radical (unpaired) electrons. The molecule has 72 valence electrons. The predicted molar refractivity (Wildman–Crippen MR) is 58.0 cm³/mol. The molecule has 13 heavy (non-hydrogen) atoms. The van der Waals surface area contributed by atoms with E-state index >= 15 is 0 Å². The summed E-state index contributed by atoms with van der Waals surface area (Å²) < 4.78 is 6.58. The van der Waals surface area contributed by atoms with Crippen molar-refractivity contribution in [2.75, 3.05) is 6.61 Å². The highest BCUT2D eigenvalue weighted by atomic mass is 79.9. The minimum atomic E-state index is 0.0723. The average Bonchev–Trinajstić information content (AvgIpc) is 2.02. The van der Waals surface area contributed by atoms with E-state index in [4.69, 9.17) is 10.5 Å². The second-order valence-corrected chi connectivity index (χ2v) is 4.11. The van der Waals surface area contributed by atoms with Gasteiger partial charge in [0.2, 0.25) is 0 Å². The van der Waals surface area contributed by atoms with Crippen molar-refractivity contribution in [2.24, 2.45) is 5.73 Å². The summed E-state index contributed by atoms with van der Waals surface area (Å²) in [5.41, 5.74) is 6.71. The summed E-state index contributed by atoms with van der Waals surface area (Å²) in [7, 11) is 0. The first-order valence-electron chi connectivity index (χ1n) is 4.24. The third-order valence-corrected chi connectivity index (χ3v) is 2.13. The molecule has 0 saturated heterocycles. The lowest BCUT2D eigenvalue weighted by Crippen LogP contribution is -2.23. The van der Waals surface area contributed by atoms with Crippen molar-refractivity contribution < 1.29 is 4.74 Å². The number of aryl methyl sites for hydroxylation is 1. The van der Waals surface area contributed by atoms with Crippen LogP contribution in [0.1, 0.15) is 12.5 Å². The van der Waals surface area contributed by atoms with Gasteiger partial charge in [-0.05, 0) is 37.6 Å². The zero-order valence-corrected chi connectivity index (χ0v) is 9.47. The molecule has 0 aliphatic heterocycles. The molecule has 0 bridgehead atoms. The second-order valence-electron chi connectivity index (χ2n) is 3.20. The fourth-order valence-electron chi connectivity index (χ4n) is 0.996. The summed E-state index contributed by atoms with van der Waals surface area (Å²) in [6, 6.07) is 6.00. The van der Waals surface area contributed by atoms with Crippen molar-refractivity contribution >= 4 is 15.9 Å². The van der Waals surface area contributed by atoms with E-state index in [0.717, 1.165) is 15.8 Å². The standard InChI is InChI=1S/C10H14BrNO/c1-7-5-9(11)3-4-10(7)13-6-8(2)12/h3-5,8H,6,12H2,1-2H3.